The van der Waals surface area contributed by atoms with Gasteiger partial charge < -0.3 is 5.11 Å². The topological polar surface area (TPSA) is 94.1 Å². The molecular weight excluding hydrogens is 304 g/mol. The maximum Gasteiger partial charge on any atom is 0.285 e. The molecule has 1 aromatic carbocycles. The van der Waals surface area contributed by atoms with Crippen molar-refractivity contribution >= 4 is 21.6 Å². The highest BCUT2D eigenvalue weighted by atomic mass is 79.9. The van der Waals surface area contributed by atoms with Crippen LogP contribution in [0, 0.1) is 10.1 Å². The maximum atomic E-state index is 10.8. The summed E-state index contributed by atoms with van der Waals surface area (Å²) in [6.45, 7) is -0.0147. The minimum absolute atomic E-state index is 0.0147. The first kappa shape index (κ1) is 12.7. The second-order valence-corrected chi connectivity index (χ2v) is 4.38. The standard InChI is InChI=1S/C10H9BrN4O3/c11-9-2-1-8(5-10(9)15(17)18)14-6-7(3-4-16)12-13-14/h1-2,5-6,16H,3-4H2. The Bertz CT molecular complexity index is 584. The van der Waals surface area contributed by atoms with E-state index in [2.05, 4.69) is 26.2 Å². The number of rotatable bonds is 4. The number of nitro groups is 1. The molecule has 0 aliphatic rings. The normalized spacial score (nSPS) is 10.6. The monoisotopic (exact) mass is 312 g/mol. The summed E-state index contributed by atoms with van der Waals surface area (Å²) in [5, 5.41) is 27.3. The number of nitrogens with zero attached hydrogens (tertiary/aromatic N) is 4. The minimum Gasteiger partial charge on any atom is -0.396 e. The first-order valence-electron chi connectivity index (χ1n) is 5.08. The lowest BCUT2D eigenvalue weighted by Crippen LogP contribution is -1.97. The number of benzene rings is 1. The molecule has 1 aromatic heterocycles. The van der Waals surface area contributed by atoms with Crippen molar-refractivity contribution in [2.45, 2.75) is 6.42 Å². The van der Waals surface area contributed by atoms with Gasteiger partial charge in [0.25, 0.3) is 5.69 Å². The Balaban J connectivity index is 2.38. The van der Waals surface area contributed by atoms with Crippen LogP contribution in [0.25, 0.3) is 5.69 Å². The summed E-state index contributed by atoms with van der Waals surface area (Å²) in [6.07, 6.45) is 2.03. The molecule has 0 atom stereocenters. The molecule has 2 rings (SSSR count). The number of aromatic nitrogens is 3. The van der Waals surface area contributed by atoms with Crippen molar-refractivity contribution in [3.05, 3.63) is 44.7 Å². The van der Waals surface area contributed by atoms with Crippen molar-refractivity contribution in [2.24, 2.45) is 0 Å². The average molecular weight is 313 g/mol. The first-order chi connectivity index (χ1) is 8.61. The van der Waals surface area contributed by atoms with Crippen LogP contribution in [0.1, 0.15) is 5.69 Å². The quantitative estimate of drug-likeness (QED) is 0.681. The van der Waals surface area contributed by atoms with E-state index in [1.807, 2.05) is 0 Å². The molecule has 0 saturated carbocycles. The lowest BCUT2D eigenvalue weighted by Gasteiger charge is -2.01. The van der Waals surface area contributed by atoms with Gasteiger partial charge in [-0.2, -0.15) is 0 Å². The Morgan fingerprint density at radius 3 is 2.94 bits per heavy atom. The van der Waals surface area contributed by atoms with Gasteiger partial charge in [-0.25, -0.2) is 4.68 Å². The van der Waals surface area contributed by atoms with E-state index in [0.29, 0.717) is 22.3 Å². The maximum absolute atomic E-state index is 10.8. The summed E-state index contributed by atoms with van der Waals surface area (Å²) in [5.41, 5.74) is 1.14. The number of halogens is 1. The van der Waals surface area contributed by atoms with E-state index in [1.54, 1.807) is 18.3 Å². The zero-order valence-corrected chi connectivity index (χ0v) is 10.7. The van der Waals surface area contributed by atoms with Gasteiger partial charge in [0.15, 0.2) is 0 Å². The third kappa shape index (κ3) is 2.54. The Hall–Kier alpha value is -1.80. The van der Waals surface area contributed by atoms with Crippen LogP contribution in [0.5, 0.6) is 0 Å². The van der Waals surface area contributed by atoms with E-state index < -0.39 is 4.92 Å². The van der Waals surface area contributed by atoms with Crippen molar-refractivity contribution in [1.82, 2.24) is 15.0 Å². The number of hydrogen-bond acceptors (Lipinski definition) is 5. The molecule has 0 aliphatic carbocycles. The van der Waals surface area contributed by atoms with Gasteiger partial charge in [-0.15, -0.1) is 5.10 Å². The third-order valence-corrected chi connectivity index (χ3v) is 2.97. The van der Waals surface area contributed by atoms with Crippen molar-refractivity contribution in [3.8, 4) is 5.69 Å². The van der Waals surface area contributed by atoms with Crippen molar-refractivity contribution in [3.63, 3.8) is 0 Å². The molecule has 94 valence electrons. The third-order valence-electron chi connectivity index (χ3n) is 2.30. The molecule has 1 heterocycles. The predicted molar refractivity (Wildman–Crippen MR) is 66.5 cm³/mol. The molecular formula is C10H9BrN4O3. The van der Waals surface area contributed by atoms with Crippen LogP contribution in [0.3, 0.4) is 0 Å². The summed E-state index contributed by atoms with van der Waals surface area (Å²) in [6, 6.07) is 4.68. The molecule has 0 aliphatic heterocycles. The molecule has 18 heavy (non-hydrogen) atoms. The van der Waals surface area contributed by atoms with Crippen LogP contribution in [-0.2, 0) is 6.42 Å². The van der Waals surface area contributed by atoms with Crippen LogP contribution < -0.4 is 0 Å². The number of nitro benzene ring substituents is 1. The predicted octanol–water partition coefficient (Wildman–Crippen LogP) is 1.47. The zero-order chi connectivity index (χ0) is 13.1. The van der Waals surface area contributed by atoms with Crippen LogP contribution >= 0.6 is 15.9 Å². The molecule has 0 saturated heterocycles. The molecule has 0 fully saturated rings. The second kappa shape index (κ2) is 5.23. The summed E-state index contributed by atoms with van der Waals surface area (Å²) in [5.74, 6) is 0. The number of hydrogen-bond donors (Lipinski definition) is 1. The fourth-order valence-corrected chi connectivity index (χ4v) is 1.83. The molecule has 1 N–H and O–H groups in total. The molecule has 0 amide bonds. The lowest BCUT2D eigenvalue weighted by molar-refractivity contribution is -0.385. The summed E-state index contributed by atoms with van der Waals surface area (Å²) >= 11 is 3.11. The fourth-order valence-electron chi connectivity index (χ4n) is 1.44. The first-order valence-corrected chi connectivity index (χ1v) is 5.87. The second-order valence-electron chi connectivity index (χ2n) is 3.52. The Labute approximate surface area is 110 Å². The van der Waals surface area contributed by atoms with Gasteiger partial charge in [0.05, 0.1) is 27.0 Å². The van der Waals surface area contributed by atoms with Gasteiger partial charge in [-0.1, -0.05) is 5.21 Å². The van der Waals surface area contributed by atoms with E-state index in [1.165, 1.54) is 10.7 Å². The van der Waals surface area contributed by atoms with Crippen LogP contribution in [-0.4, -0.2) is 31.6 Å². The minimum atomic E-state index is -0.473. The largest absolute Gasteiger partial charge is 0.396 e. The SMILES string of the molecule is O=[N+]([O-])c1cc(-n2cc(CCO)nn2)ccc1Br. The van der Waals surface area contributed by atoms with Crippen molar-refractivity contribution in [1.29, 1.82) is 0 Å². The molecule has 0 unspecified atom stereocenters. The van der Waals surface area contributed by atoms with Gasteiger partial charge in [-0.3, -0.25) is 10.1 Å². The Morgan fingerprint density at radius 2 is 2.28 bits per heavy atom. The molecule has 0 radical (unpaired) electrons. The summed E-state index contributed by atoms with van der Waals surface area (Å²) in [7, 11) is 0. The van der Waals surface area contributed by atoms with Gasteiger partial charge in [-0.05, 0) is 28.1 Å². The molecule has 8 heteroatoms. The molecule has 7 nitrogen and oxygen atoms in total. The van der Waals surface area contributed by atoms with Crippen molar-refractivity contribution in [2.75, 3.05) is 6.61 Å². The van der Waals surface area contributed by atoms with Gasteiger partial charge in [0.2, 0.25) is 0 Å². The van der Waals surface area contributed by atoms with Crippen LogP contribution in [0.2, 0.25) is 0 Å². The van der Waals surface area contributed by atoms with Crippen LogP contribution in [0.4, 0.5) is 5.69 Å². The fraction of sp³-hybridized carbons (Fsp3) is 0.200. The van der Waals surface area contributed by atoms with Gasteiger partial charge in [0, 0.05) is 19.1 Å². The van der Waals surface area contributed by atoms with Crippen molar-refractivity contribution < 1.29 is 10.0 Å². The Morgan fingerprint density at radius 1 is 1.50 bits per heavy atom. The van der Waals surface area contributed by atoms with E-state index >= 15 is 0 Å². The average Bonchev–Trinajstić information content (AvgIpc) is 2.78. The van der Waals surface area contributed by atoms with Gasteiger partial charge in [0.1, 0.15) is 0 Å². The number of aliphatic hydroxyl groups excluding tert-OH is 1. The summed E-state index contributed by atoms with van der Waals surface area (Å²) < 4.78 is 1.84. The number of aliphatic hydroxyl groups is 1. The Kier molecular flexibility index (Phi) is 3.68. The lowest BCUT2D eigenvalue weighted by atomic mass is 10.3. The molecule has 0 bridgehead atoms. The van der Waals surface area contributed by atoms with E-state index in [9.17, 15) is 10.1 Å². The summed E-state index contributed by atoms with van der Waals surface area (Å²) in [4.78, 5) is 10.3. The smallest absolute Gasteiger partial charge is 0.285 e. The highest BCUT2D eigenvalue weighted by Gasteiger charge is 2.13. The highest BCUT2D eigenvalue weighted by molar-refractivity contribution is 9.10. The van der Waals surface area contributed by atoms with Crippen LogP contribution in [0.15, 0.2) is 28.9 Å². The zero-order valence-electron chi connectivity index (χ0n) is 9.15. The molecule has 2 aromatic rings. The van der Waals surface area contributed by atoms with E-state index in [0.717, 1.165) is 0 Å². The molecule has 0 spiro atoms. The highest BCUT2D eigenvalue weighted by Crippen LogP contribution is 2.26. The van der Waals surface area contributed by atoms with Gasteiger partial charge >= 0.3 is 0 Å². The van der Waals surface area contributed by atoms with E-state index in [4.69, 9.17) is 5.11 Å². The van der Waals surface area contributed by atoms with E-state index in [-0.39, 0.29) is 12.3 Å².